The van der Waals surface area contributed by atoms with Crippen LogP contribution in [-0.2, 0) is 14.0 Å². The number of thioether (sulfide) groups is 2. The first kappa shape index (κ1) is 30.1. The Morgan fingerprint density at radius 3 is 1.94 bits per heavy atom. The van der Waals surface area contributed by atoms with Crippen LogP contribution in [0.5, 0.6) is 0 Å². The molecule has 0 aliphatic carbocycles. The summed E-state index contributed by atoms with van der Waals surface area (Å²) < 4.78 is 14.7. The molecule has 1 fully saturated rings. The van der Waals surface area contributed by atoms with Crippen molar-refractivity contribution in [3.05, 3.63) is 60.7 Å². The Bertz CT molecular complexity index is 922. The molecule has 0 amide bonds. The fraction of sp³-hybridized carbons (Fsp3) is 0.552. The molecule has 1 saturated heterocycles. The molecule has 3 nitrogen and oxygen atoms in total. The minimum atomic E-state index is -2.81. The van der Waals surface area contributed by atoms with Crippen LogP contribution in [0.1, 0.15) is 54.4 Å². The van der Waals surface area contributed by atoms with Gasteiger partial charge in [-0.3, -0.25) is 4.79 Å². The molecule has 3 rings (SSSR count). The number of hydrogen-bond donors (Lipinski definition) is 0. The average Bonchev–Trinajstić information content (AvgIpc) is 2.85. The molecule has 2 aromatic rings. The Balaban J connectivity index is 2.22. The van der Waals surface area contributed by atoms with E-state index in [0.29, 0.717) is 5.92 Å². The quantitative estimate of drug-likeness (QED) is 0.120. The molecule has 1 heterocycles. The maximum absolute atomic E-state index is 12.5. The molecule has 1 aliphatic rings. The zero-order valence-electron chi connectivity index (χ0n) is 22.5. The van der Waals surface area contributed by atoms with Crippen LogP contribution in [0.4, 0.5) is 0 Å². The summed E-state index contributed by atoms with van der Waals surface area (Å²) in [4.78, 5) is 12.5. The molecule has 3 atom stereocenters. The van der Waals surface area contributed by atoms with Crippen LogP contribution in [0.25, 0.3) is 0 Å². The monoisotopic (exact) mass is 656 g/mol. The van der Waals surface area contributed by atoms with Crippen molar-refractivity contribution in [2.24, 2.45) is 5.92 Å². The number of alkyl halides is 1. The molecule has 0 aromatic heterocycles. The maximum Gasteiger partial charge on any atom is 0.303 e. The summed E-state index contributed by atoms with van der Waals surface area (Å²) in [7, 11) is -2.81. The van der Waals surface area contributed by atoms with Crippen LogP contribution in [-0.4, -0.2) is 46.5 Å². The van der Waals surface area contributed by atoms with Crippen molar-refractivity contribution >= 4 is 70.8 Å². The van der Waals surface area contributed by atoms with Crippen molar-refractivity contribution in [3.63, 3.8) is 0 Å². The van der Waals surface area contributed by atoms with E-state index in [4.69, 9.17) is 9.16 Å². The highest BCUT2D eigenvalue weighted by Crippen LogP contribution is 2.49. The van der Waals surface area contributed by atoms with Crippen LogP contribution in [0.15, 0.2) is 60.7 Å². The van der Waals surface area contributed by atoms with Crippen molar-refractivity contribution in [1.29, 1.82) is 0 Å². The van der Waals surface area contributed by atoms with Gasteiger partial charge in [-0.1, -0.05) is 111 Å². The van der Waals surface area contributed by atoms with E-state index in [2.05, 4.69) is 118 Å². The summed E-state index contributed by atoms with van der Waals surface area (Å²) in [6.07, 6.45) is 1.48. The van der Waals surface area contributed by atoms with E-state index in [1.165, 1.54) is 23.7 Å². The lowest BCUT2D eigenvalue weighted by atomic mass is 10.00. The second kappa shape index (κ2) is 13.0. The van der Waals surface area contributed by atoms with Crippen LogP contribution in [0.3, 0.4) is 0 Å². The zero-order valence-corrected chi connectivity index (χ0v) is 27.3. The normalized spacial score (nSPS) is 18.8. The van der Waals surface area contributed by atoms with Crippen molar-refractivity contribution in [1.82, 2.24) is 0 Å². The van der Waals surface area contributed by atoms with Gasteiger partial charge in [-0.25, -0.2) is 0 Å². The van der Waals surface area contributed by atoms with Gasteiger partial charge in [0, 0.05) is 11.4 Å². The zero-order chi connectivity index (χ0) is 26.4. The third-order valence-electron chi connectivity index (χ3n) is 6.86. The van der Waals surface area contributed by atoms with E-state index < -0.39 is 8.32 Å². The summed E-state index contributed by atoms with van der Waals surface area (Å²) in [5.41, 5.74) is 0. The third-order valence-corrected chi connectivity index (χ3v) is 16.7. The van der Waals surface area contributed by atoms with E-state index in [1.807, 2.05) is 23.5 Å². The minimum absolute atomic E-state index is 0.143. The molecule has 1 aliphatic heterocycles. The maximum atomic E-state index is 12.5. The van der Waals surface area contributed by atoms with Crippen molar-refractivity contribution < 1.29 is 14.0 Å². The van der Waals surface area contributed by atoms with E-state index in [0.717, 1.165) is 22.4 Å². The number of carbonyl (C=O) groups excluding carboxylic acids is 1. The van der Waals surface area contributed by atoms with Gasteiger partial charge in [0.1, 0.15) is 6.10 Å². The van der Waals surface area contributed by atoms with E-state index in [9.17, 15) is 4.79 Å². The van der Waals surface area contributed by atoms with Crippen LogP contribution >= 0.6 is 46.1 Å². The Morgan fingerprint density at radius 2 is 1.53 bits per heavy atom. The second-order valence-corrected chi connectivity index (χ2v) is 19.4. The van der Waals surface area contributed by atoms with Gasteiger partial charge in [0.05, 0.1) is 10.2 Å². The lowest BCUT2D eigenvalue weighted by molar-refractivity contribution is -0.152. The molecule has 7 heteroatoms. The smallest absolute Gasteiger partial charge is 0.303 e. The number of rotatable bonds is 10. The summed E-state index contributed by atoms with van der Waals surface area (Å²) in [5.74, 6) is 2.37. The van der Waals surface area contributed by atoms with Gasteiger partial charge < -0.3 is 9.16 Å². The predicted octanol–water partition coefficient (Wildman–Crippen LogP) is 6.91. The van der Waals surface area contributed by atoms with E-state index >= 15 is 0 Å². The van der Waals surface area contributed by atoms with Crippen LogP contribution < -0.4 is 10.4 Å². The number of carbonyl (C=O) groups is 1. The van der Waals surface area contributed by atoms with Gasteiger partial charge in [-0.2, -0.15) is 0 Å². The summed E-state index contributed by atoms with van der Waals surface area (Å²) in [6, 6.07) is 21.6. The number of hydrogen-bond acceptors (Lipinski definition) is 5. The first-order valence-electron chi connectivity index (χ1n) is 12.8. The molecule has 0 radical (unpaired) electrons. The minimum Gasteiger partial charge on any atom is -0.457 e. The SMILES string of the molecule is CC(=O)O[C@H]([C@H](C[C@@H](C)CI)O[Si](c1ccccc1)(c1ccccc1)C(C)(C)C)C1(C)SCCCS1. The molecule has 0 unspecified atom stereocenters. The predicted molar refractivity (Wildman–Crippen MR) is 169 cm³/mol. The van der Waals surface area contributed by atoms with Crippen LogP contribution in [0.2, 0.25) is 5.04 Å². The summed E-state index contributed by atoms with van der Waals surface area (Å²) >= 11 is 6.31. The molecule has 0 spiro atoms. The van der Waals surface area contributed by atoms with Crippen molar-refractivity contribution in [2.75, 3.05) is 15.9 Å². The Kier molecular flexibility index (Phi) is 10.9. The fourth-order valence-electron chi connectivity index (χ4n) is 5.13. The van der Waals surface area contributed by atoms with Gasteiger partial charge in [0.25, 0.3) is 8.32 Å². The van der Waals surface area contributed by atoms with Crippen LogP contribution in [0, 0.1) is 5.92 Å². The highest BCUT2D eigenvalue weighted by molar-refractivity contribution is 14.1. The highest BCUT2D eigenvalue weighted by Gasteiger charge is 2.55. The molecular formula is C29H41IO3S2Si. The largest absolute Gasteiger partial charge is 0.457 e. The number of ether oxygens (including phenoxy) is 1. The fourth-order valence-corrected chi connectivity index (χ4v) is 13.3. The second-order valence-electron chi connectivity index (χ2n) is 10.9. The average molecular weight is 657 g/mol. The molecular weight excluding hydrogens is 615 g/mol. The first-order chi connectivity index (χ1) is 17.0. The van der Waals surface area contributed by atoms with E-state index in [-0.39, 0.29) is 27.3 Å². The molecule has 36 heavy (non-hydrogen) atoms. The Hall–Kier alpha value is -0.483. The molecule has 0 N–H and O–H groups in total. The topological polar surface area (TPSA) is 35.5 Å². The van der Waals surface area contributed by atoms with Crippen molar-refractivity contribution in [2.45, 2.75) is 75.7 Å². The summed E-state index contributed by atoms with van der Waals surface area (Å²) in [5, 5.41) is 2.37. The molecule has 2 aromatic carbocycles. The van der Waals surface area contributed by atoms with Gasteiger partial charge in [-0.15, -0.1) is 23.5 Å². The Labute approximate surface area is 241 Å². The van der Waals surface area contributed by atoms with Crippen molar-refractivity contribution in [3.8, 4) is 0 Å². The van der Waals surface area contributed by atoms with Gasteiger partial charge >= 0.3 is 5.97 Å². The van der Waals surface area contributed by atoms with Gasteiger partial charge in [0.2, 0.25) is 0 Å². The highest BCUT2D eigenvalue weighted by atomic mass is 127. The lowest BCUT2D eigenvalue weighted by Crippen LogP contribution is -2.69. The Morgan fingerprint density at radius 1 is 1.03 bits per heavy atom. The molecule has 198 valence electrons. The number of halogens is 1. The summed E-state index contributed by atoms with van der Waals surface area (Å²) in [6.45, 7) is 13.0. The standard InChI is InChI=1S/C29H41IO3S2Si/c1-22(21-30)20-26(27(32-23(2)31)29(6)34-18-13-19-35-29)33-36(28(3,4)5,24-14-9-7-10-15-24)25-16-11-8-12-17-25/h7-12,14-17,22,26-27H,13,18-21H2,1-6H3/t22-,26+,27-/m1/s1. The number of esters is 1. The lowest BCUT2D eigenvalue weighted by Gasteiger charge is -2.49. The van der Waals surface area contributed by atoms with Gasteiger partial charge in [-0.05, 0) is 52.6 Å². The molecule has 0 saturated carbocycles. The molecule has 0 bridgehead atoms. The van der Waals surface area contributed by atoms with E-state index in [1.54, 1.807) is 0 Å². The van der Waals surface area contributed by atoms with Gasteiger partial charge in [0.15, 0.2) is 0 Å². The number of benzene rings is 2. The third kappa shape index (κ3) is 6.93. The first-order valence-corrected chi connectivity index (χ1v) is 18.2.